The zero-order valence-corrected chi connectivity index (χ0v) is 21.6. The van der Waals surface area contributed by atoms with Crippen molar-refractivity contribution in [3.8, 4) is 11.5 Å². The zero-order chi connectivity index (χ0) is 27.5. The van der Waals surface area contributed by atoms with Crippen LogP contribution in [0.25, 0.3) is 11.0 Å². The molecule has 3 aromatic heterocycles. The van der Waals surface area contributed by atoms with Crippen molar-refractivity contribution in [1.29, 1.82) is 0 Å². The van der Waals surface area contributed by atoms with Gasteiger partial charge in [-0.3, -0.25) is 4.79 Å². The number of benzene rings is 1. The summed E-state index contributed by atoms with van der Waals surface area (Å²) in [4.78, 5) is 38.3. The van der Waals surface area contributed by atoms with Gasteiger partial charge in [-0.05, 0) is 24.6 Å². The number of aromatic nitrogens is 4. The molecule has 12 heteroatoms. The number of pyridine rings is 2. The highest BCUT2D eigenvalue weighted by Crippen LogP contribution is 2.28. The summed E-state index contributed by atoms with van der Waals surface area (Å²) >= 11 is 0. The number of carboxylic acid groups (broad SMARTS) is 1. The molecule has 0 bridgehead atoms. The lowest BCUT2D eigenvalue weighted by Gasteiger charge is -2.21. The lowest BCUT2D eigenvalue weighted by Crippen LogP contribution is -2.34. The Labute approximate surface area is 223 Å². The number of carboxylic acids is 1. The molecule has 1 aromatic carbocycles. The minimum Gasteiger partial charge on any atom is -0.497 e. The van der Waals surface area contributed by atoms with Crippen molar-refractivity contribution in [1.82, 2.24) is 24.8 Å². The van der Waals surface area contributed by atoms with Gasteiger partial charge in [0.05, 0.1) is 32.5 Å². The number of hydrogen-bond acceptors (Lipinski definition) is 8. The zero-order valence-electron chi connectivity index (χ0n) is 21.6. The van der Waals surface area contributed by atoms with Crippen LogP contribution in [0.4, 0.5) is 10.2 Å². The lowest BCUT2D eigenvalue weighted by molar-refractivity contribution is 0.0695. The summed E-state index contributed by atoms with van der Waals surface area (Å²) in [5.41, 5.74) is 0.677. The van der Waals surface area contributed by atoms with Crippen LogP contribution in [0, 0.1) is 5.82 Å². The number of fused-ring (bicyclic) bond motifs is 1. The van der Waals surface area contributed by atoms with Crippen molar-refractivity contribution >= 4 is 22.8 Å². The van der Waals surface area contributed by atoms with Gasteiger partial charge in [0.15, 0.2) is 11.6 Å². The van der Waals surface area contributed by atoms with E-state index in [9.17, 15) is 14.7 Å². The summed E-state index contributed by atoms with van der Waals surface area (Å²) in [6.45, 7) is 2.01. The normalized spacial score (nSPS) is 15.2. The van der Waals surface area contributed by atoms with Gasteiger partial charge in [-0.15, -0.1) is 0 Å². The Morgan fingerprint density at radius 1 is 1.28 bits per heavy atom. The molecule has 0 aliphatic carbocycles. The second-order valence-electron chi connectivity index (χ2n) is 9.36. The fraction of sp³-hybridized carbons (Fsp3) is 0.333. The number of carbonyl (C=O) groups is 1. The molecule has 4 heterocycles. The van der Waals surface area contributed by atoms with Gasteiger partial charge in [-0.25, -0.2) is 19.2 Å². The predicted octanol–water partition coefficient (Wildman–Crippen LogP) is 2.43. The van der Waals surface area contributed by atoms with Gasteiger partial charge in [0.1, 0.15) is 22.7 Å². The Hall–Kier alpha value is -4.45. The smallest absolute Gasteiger partial charge is 0.341 e. The highest BCUT2D eigenvalue weighted by molar-refractivity contribution is 5.92. The van der Waals surface area contributed by atoms with Gasteiger partial charge in [0, 0.05) is 61.8 Å². The van der Waals surface area contributed by atoms with Crippen LogP contribution in [0.15, 0.2) is 47.8 Å². The van der Waals surface area contributed by atoms with Gasteiger partial charge in [0.25, 0.3) is 0 Å². The Kier molecular flexibility index (Phi) is 7.46. The maximum Gasteiger partial charge on any atom is 0.341 e. The molecule has 0 saturated carbocycles. The first-order chi connectivity index (χ1) is 18.9. The maximum absolute atomic E-state index is 15.3. The quantitative estimate of drug-likeness (QED) is 0.279. The number of H-pyrrole nitrogens is 1. The van der Waals surface area contributed by atoms with Crippen LogP contribution in [-0.4, -0.2) is 70.5 Å². The van der Waals surface area contributed by atoms with E-state index < -0.39 is 22.8 Å². The molecule has 1 aliphatic heterocycles. The van der Waals surface area contributed by atoms with Crippen molar-refractivity contribution < 1.29 is 23.8 Å². The molecule has 204 valence electrons. The number of imidazole rings is 1. The standard InChI is InChI=1S/C27H29FN6O5/c1-38-19-4-3-16(23(9-19)39-2)12-34-14-21(27(36)37)24(35)20-10-22(28)26(32-25(20)34)33-8-6-18(13-33)30-7-5-17-11-29-15-31-17/h3-4,9-11,14-15,18,30H,5-8,12-13H2,1-2H3,(H,29,31)(H,36,37). The minimum absolute atomic E-state index is 0.0999. The summed E-state index contributed by atoms with van der Waals surface area (Å²) < 4.78 is 27.6. The number of nitrogens with zero attached hydrogens (tertiary/aromatic N) is 4. The van der Waals surface area contributed by atoms with Crippen LogP contribution in [-0.2, 0) is 13.0 Å². The largest absolute Gasteiger partial charge is 0.497 e. The van der Waals surface area contributed by atoms with Crippen molar-refractivity contribution in [3.05, 3.63) is 75.8 Å². The Morgan fingerprint density at radius 3 is 2.85 bits per heavy atom. The Bertz CT molecular complexity index is 1550. The van der Waals surface area contributed by atoms with Crippen LogP contribution in [0.5, 0.6) is 11.5 Å². The van der Waals surface area contributed by atoms with E-state index in [4.69, 9.17) is 9.47 Å². The number of aromatic amines is 1. The highest BCUT2D eigenvalue weighted by atomic mass is 19.1. The molecule has 3 N–H and O–H groups in total. The van der Waals surface area contributed by atoms with Crippen LogP contribution in [0.3, 0.4) is 0 Å². The third-order valence-electron chi connectivity index (χ3n) is 6.92. The number of nitrogens with one attached hydrogen (secondary N) is 2. The van der Waals surface area contributed by atoms with E-state index >= 15 is 4.39 Å². The van der Waals surface area contributed by atoms with E-state index in [2.05, 4.69) is 20.3 Å². The fourth-order valence-electron chi connectivity index (χ4n) is 4.89. The summed E-state index contributed by atoms with van der Waals surface area (Å²) in [6.07, 6.45) is 6.27. The summed E-state index contributed by atoms with van der Waals surface area (Å²) in [6, 6.07) is 6.48. The fourth-order valence-corrected chi connectivity index (χ4v) is 4.89. The van der Waals surface area contributed by atoms with Gasteiger partial charge >= 0.3 is 5.97 Å². The molecular weight excluding hydrogens is 507 g/mol. The lowest BCUT2D eigenvalue weighted by atomic mass is 10.1. The predicted molar refractivity (Wildman–Crippen MR) is 142 cm³/mol. The number of rotatable bonds is 10. The monoisotopic (exact) mass is 536 g/mol. The molecule has 5 rings (SSSR count). The average molecular weight is 537 g/mol. The Morgan fingerprint density at radius 2 is 2.13 bits per heavy atom. The molecule has 4 aromatic rings. The molecule has 0 radical (unpaired) electrons. The number of anilines is 1. The first-order valence-electron chi connectivity index (χ1n) is 12.5. The van der Waals surface area contributed by atoms with Crippen molar-refractivity contribution in [2.45, 2.75) is 25.4 Å². The number of aromatic carboxylic acids is 1. The molecule has 1 atom stereocenters. The third kappa shape index (κ3) is 5.41. The van der Waals surface area contributed by atoms with Crippen molar-refractivity contribution in [3.63, 3.8) is 0 Å². The summed E-state index contributed by atoms with van der Waals surface area (Å²) in [5, 5.41) is 13.0. The Balaban J connectivity index is 1.47. The van der Waals surface area contributed by atoms with E-state index in [-0.39, 0.29) is 29.4 Å². The van der Waals surface area contributed by atoms with Gasteiger partial charge in [0.2, 0.25) is 5.43 Å². The molecule has 0 amide bonds. The molecule has 1 aliphatic rings. The van der Waals surface area contributed by atoms with Crippen LogP contribution >= 0.6 is 0 Å². The average Bonchev–Trinajstić information content (AvgIpc) is 3.63. The number of methoxy groups -OCH3 is 2. The maximum atomic E-state index is 15.3. The van der Waals surface area contributed by atoms with E-state index in [1.807, 2.05) is 4.90 Å². The van der Waals surface area contributed by atoms with Crippen molar-refractivity contribution in [2.75, 3.05) is 38.8 Å². The second kappa shape index (κ2) is 11.1. The van der Waals surface area contributed by atoms with Gasteiger partial charge < -0.3 is 34.3 Å². The first-order valence-corrected chi connectivity index (χ1v) is 12.5. The summed E-state index contributed by atoms with van der Waals surface area (Å²) in [7, 11) is 3.06. The second-order valence-corrected chi connectivity index (χ2v) is 9.36. The van der Waals surface area contributed by atoms with Crippen LogP contribution in [0.2, 0.25) is 0 Å². The molecule has 11 nitrogen and oxygen atoms in total. The van der Waals surface area contributed by atoms with Crippen LogP contribution in [0.1, 0.15) is 28.0 Å². The topological polar surface area (TPSA) is 135 Å². The molecule has 39 heavy (non-hydrogen) atoms. The van der Waals surface area contributed by atoms with Crippen LogP contribution < -0.4 is 25.1 Å². The van der Waals surface area contributed by atoms with E-state index in [0.29, 0.717) is 30.2 Å². The van der Waals surface area contributed by atoms with E-state index in [1.54, 1.807) is 42.4 Å². The number of hydrogen-bond donors (Lipinski definition) is 3. The molecule has 1 unspecified atom stereocenters. The van der Waals surface area contributed by atoms with E-state index in [1.165, 1.54) is 13.3 Å². The molecule has 1 saturated heterocycles. The van der Waals surface area contributed by atoms with E-state index in [0.717, 1.165) is 31.1 Å². The molecule has 1 fully saturated rings. The van der Waals surface area contributed by atoms with Gasteiger partial charge in [-0.2, -0.15) is 0 Å². The first kappa shape index (κ1) is 26.2. The van der Waals surface area contributed by atoms with Gasteiger partial charge in [-0.1, -0.05) is 0 Å². The summed E-state index contributed by atoms with van der Waals surface area (Å²) in [5.74, 6) is -0.836. The molecule has 0 spiro atoms. The third-order valence-corrected chi connectivity index (χ3v) is 6.92. The number of ether oxygens (including phenoxy) is 2. The SMILES string of the molecule is COc1ccc(Cn2cc(C(=O)O)c(=O)c3cc(F)c(N4CCC(NCCc5cnc[nH]5)C4)nc32)c(OC)c1. The molecular formula is C27H29FN6O5. The number of halogens is 1. The minimum atomic E-state index is -1.40. The highest BCUT2D eigenvalue weighted by Gasteiger charge is 2.27. The van der Waals surface area contributed by atoms with Crippen molar-refractivity contribution in [2.24, 2.45) is 0 Å².